The summed E-state index contributed by atoms with van der Waals surface area (Å²) in [7, 11) is 0. The fraction of sp³-hybridized carbons (Fsp3) is 0.385. The molecule has 0 atom stereocenters. The molecule has 0 radical (unpaired) electrons. The molecule has 86 valence electrons. The van der Waals surface area contributed by atoms with Crippen molar-refractivity contribution in [3.8, 4) is 0 Å². The minimum Gasteiger partial charge on any atom is -0.396 e. The summed E-state index contributed by atoms with van der Waals surface area (Å²) in [5, 5.41) is 8.65. The number of aliphatic hydroxyl groups excluding tert-OH is 1. The quantitative estimate of drug-likeness (QED) is 0.844. The maximum Gasteiger partial charge on any atom is 0.184 e. The average molecular weight is 220 g/mol. The van der Waals surface area contributed by atoms with Gasteiger partial charge in [-0.3, -0.25) is 0 Å². The lowest BCUT2D eigenvalue weighted by Gasteiger charge is -2.08. The van der Waals surface area contributed by atoms with E-state index in [1.807, 2.05) is 36.4 Å². The van der Waals surface area contributed by atoms with Gasteiger partial charge in [-0.2, -0.15) is 0 Å². The van der Waals surface area contributed by atoms with Crippen LogP contribution in [0.5, 0.6) is 0 Å². The number of benzene rings is 1. The van der Waals surface area contributed by atoms with Gasteiger partial charge in [-0.1, -0.05) is 36.4 Å². The van der Waals surface area contributed by atoms with Gasteiger partial charge in [0.1, 0.15) is 0 Å². The van der Waals surface area contributed by atoms with Gasteiger partial charge in [-0.15, -0.1) is 0 Å². The Balaban J connectivity index is 1.98. The minimum absolute atomic E-state index is 0.193. The monoisotopic (exact) mass is 220 g/mol. The van der Waals surface area contributed by atoms with Crippen LogP contribution in [0, 0.1) is 0 Å². The average Bonchev–Trinajstić information content (AvgIpc) is 2.84. The summed E-state index contributed by atoms with van der Waals surface area (Å²) < 4.78 is 10.8. The molecule has 0 bridgehead atoms. The first kappa shape index (κ1) is 11.3. The summed E-state index contributed by atoms with van der Waals surface area (Å²) in [5.74, 6) is 0. The van der Waals surface area contributed by atoms with Gasteiger partial charge in [-0.25, -0.2) is 0 Å². The Kier molecular flexibility index (Phi) is 4.10. The highest BCUT2D eigenvalue weighted by molar-refractivity contribution is 5.49. The van der Waals surface area contributed by atoms with E-state index in [0.717, 1.165) is 11.1 Å². The second kappa shape index (κ2) is 5.80. The van der Waals surface area contributed by atoms with Crippen LogP contribution < -0.4 is 0 Å². The number of hydrogen-bond donors (Lipinski definition) is 1. The number of hydrogen-bond acceptors (Lipinski definition) is 3. The van der Waals surface area contributed by atoms with E-state index >= 15 is 0 Å². The first-order chi connectivity index (χ1) is 7.90. The molecule has 0 amide bonds. The van der Waals surface area contributed by atoms with Crippen LogP contribution in [-0.4, -0.2) is 24.9 Å². The number of aliphatic hydroxyl groups is 1. The third-order valence-corrected chi connectivity index (χ3v) is 2.44. The van der Waals surface area contributed by atoms with Gasteiger partial charge in [0.25, 0.3) is 0 Å². The predicted octanol–water partition coefficient (Wildman–Crippen LogP) is 2.13. The van der Waals surface area contributed by atoms with Crippen LogP contribution in [0.25, 0.3) is 6.08 Å². The zero-order valence-corrected chi connectivity index (χ0v) is 9.13. The molecule has 3 nitrogen and oxygen atoms in total. The molecule has 16 heavy (non-hydrogen) atoms. The molecular formula is C13H16O3. The molecule has 1 aromatic rings. The summed E-state index contributed by atoms with van der Waals surface area (Å²) in [6.45, 7) is 1.53. The van der Waals surface area contributed by atoms with E-state index in [4.69, 9.17) is 14.6 Å². The second-order valence-corrected chi connectivity index (χ2v) is 3.65. The number of ether oxygens (including phenoxy) is 2. The van der Waals surface area contributed by atoms with Crippen LogP contribution in [0.2, 0.25) is 0 Å². The third-order valence-electron chi connectivity index (χ3n) is 2.44. The summed E-state index contributed by atoms with van der Waals surface area (Å²) in [6.07, 6.45) is 4.44. The van der Waals surface area contributed by atoms with Crippen molar-refractivity contribution in [2.45, 2.75) is 12.7 Å². The van der Waals surface area contributed by atoms with Crippen molar-refractivity contribution in [2.75, 3.05) is 19.8 Å². The molecule has 1 fully saturated rings. The van der Waals surface area contributed by atoms with E-state index in [2.05, 4.69) is 0 Å². The predicted molar refractivity (Wildman–Crippen MR) is 61.8 cm³/mol. The molecule has 3 heteroatoms. The Morgan fingerprint density at radius 2 is 1.88 bits per heavy atom. The maximum absolute atomic E-state index is 8.65. The molecule has 0 saturated carbocycles. The Bertz CT molecular complexity index is 337. The molecule has 0 aromatic heterocycles. The van der Waals surface area contributed by atoms with Gasteiger partial charge in [0.2, 0.25) is 0 Å². The molecule has 0 spiro atoms. The summed E-state index contributed by atoms with van der Waals surface area (Å²) >= 11 is 0. The maximum atomic E-state index is 8.65. The van der Waals surface area contributed by atoms with Crippen LogP contribution in [0.3, 0.4) is 0 Å². The van der Waals surface area contributed by atoms with Crippen LogP contribution in [0.15, 0.2) is 30.3 Å². The molecule has 1 aliphatic heterocycles. The molecule has 1 aromatic carbocycles. The third kappa shape index (κ3) is 2.92. The van der Waals surface area contributed by atoms with Gasteiger partial charge >= 0.3 is 0 Å². The van der Waals surface area contributed by atoms with Crippen LogP contribution >= 0.6 is 0 Å². The van der Waals surface area contributed by atoms with Gasteiger partial charge in [0.15, 0.2) is 6.29 Å². The van der Waals surface area contributed by atoms with Gasteiger partial charge < -0.3 is 14.6 Å². The highest BCUT2D eigenvalue weighted by Gasteiger charge is 2.17. The normalized spacial score (nSPS) is 17.3. The Labute approximate surface area is 95.3 Å². The lowest BCUT2D eigenvalue weighted by Crippen LogP contribution is -1.97. The van der Waals surface area contributed by atoms with Gasteiger partial charge in [0.05, 0.1) is 13.2 Å². The Morgan fingerprint density at radius 3 is 2.50 bits per heavy atom. The van der Waals surface area contributed by atoms with Crippen molar-refractivity contribution >= 4 is 6.08 Å². The van der Waals surface area contributed by atoms with E-state index < -0.39 is 0 Å². The lowest BCUT2D eigenvalue weighted by atomic mass is 10.1. The van der Waals surface area contributed by atoms with Crippen molar-refractivity contribution in [1.82, 2.24) is 0 Å². The highest BCUT2D eigenvalue weighted by atomic mass is 16.7. The van der Waals surface area contributed by atoms with Gasteiger partial charge in [-0.05, 0) is 12.0 Å². The molecule has 1 aliphatic rings. The number of rotatable bonds is 4. The summed E-state index contributed by atoms with van der Waals surface area (Å²) in [6, 6.07) is 8.06. The van der Waals surface area contributed by atoms with Crippen molar-refractivity contribution in [1.29, 1.82) is 0 Å². The van der Waals surface area contributed by atoms with E-state index in [1.165, 1.54) is 0 Å². The molecule has 1 saturated heterocycles. The summed E-state index contributed by atoms with van der Waals surface area (Å²) in [4.78, 5) is 0. The Hall–Kier alpha value is -1.16. The van der Waals surface area contributed by atoms with Crippen LogP contribution in [0.4, 0.5) is 0 Å². The Morgan fingerprint density at radius 1 is 1.19 bits per heavy atom. The minimum atomic E-state index is -0.199. The van der Waals surface area contributed by atoms with Gasteiger partial charge in [0, 0.05) is 12.2 Å². The van der Waals surface area contributed by atoms with Crippen molar-refractivity contribution in [2.24, 2.45) is 0 Å². The SMILES string of the molecule is OCCC=Cc1ccc(C2OCCO2)cc1. The molecule has 0 unspecified atom stereocenters. The van der Waals surface area contributed by atoms with Crippen LogP contribution in [-0.2, 0) is 9.47 Å². The van der Waals surface area contributed by atoms with Crippen molar-refractivity contribution in [3.63, 3.8) is 0 Å². The first-order valence-electron chi connectivity index (χ1n) is 5.51. The zero-order valence-electron chi connectivity index (χ0n) is 9.13. The molecule has 2 rings (SSSR count). The second-order valence-electron chi connectivity index (χ2n) is 3.65. The molecule has 1 heterocycles. The topological polar surface area (TPSA) is 38.7 Å². The molecule has 1 N–H and O–H groups in total. The smallest absolute Gasteiger partial charge is 0.184 e. The van der Waals surface area contributed by atoms with Crippen molar-refractivity contribution in [3.05, 3.63) is 41.5 Å². The zero-order chi connectivity index (χ0) is 11.2. The van der Waals surface area contributed by atoms with E-state index in [9.17, 15) is 0 Å². The lowest BCUT2D eigenvalue weighted by molar-refractivity contribution is -0.0441. The first-order valence-corrected chi connectivity index (χ1v) is 5.51. The standard InChI is InChI=1S/C13H16O3/c14-8-2-1-3-11-4-6-12(7-5-11)13-15-9-10-16-13/h1,3-7,13-14H,2,8-10H2. The summed E-state index contributed by atoms with van der Waals surface area (Å²) in [5.41, 5.74) is 2.17. The largest absolute Gasteiger partial charge is 0.396 e. The van der Waals surface area contributed by atoms with E-state index in [-0.39, 0.29) is 12.9 Å². The van der Waals surface area contributed by atoms with E-state index in [1.54, 1.807) is 0 Å². The van der Waals surface area contributed by atoms with E-state index in [0.29, 0.717) is 19.6 Å². The fourth-order valence-electron chi connectivity index (χ4n) is 1.61. The van der Waals surface area contributed by atoms with Crippen molar-refractivity contribution < 1.29 is 14.6 Å². The van der Waals surface area contributed by atoms with Crippen LogP contribution in [0.1, 0.15) is 23.8 Å². The molecular weight excluding hydrogens is 204 g/mol. The molecule has 0 aliphatic carbocycles. The fourth-order valence-corrected chi connectivity index (χ4v) is 1.61. The highest BCUT2D eigenvalue weighted by Crippen LogP contribution is 2.23.